The molecule has 36 heavy (non-hydrogen) atoms. The Balaban J connectivity index is 1.09. The molecule has 11 heteroatoms. The molecule has 1 aliphatic carbocycles. The maximum Gasteiger partial charge on any atom is 0.508 e. The minimum absolute atomic E-state index is 0.103. The molecule has 4 aromatic rings. The number of benzene rings is 2. The molecule has 1 aliphatic heterocycles. The van der Waals surface area contributed by atoms with Gasteiger partial charge in [0.15, 0.2) is 17.7 Å². The van der Waals surface area contributed by atoms with E-state index < -0.39 is 30.7 Å². The molecule has 11 nitrogen and oxygen atoms in total. The molecule has 1 fully saturated rings. The lowest BCUT2D eigenvalue weighted by atomic mass is 9.98. The Morgan fingerprint density at radius 2 is 1.61 bits per heavy atom. The van der Waals surface area contributed by atoms with Crippen LogP contribution in [0.5, 0.6) is 0 Å². The Bertz CT molecular complexity index is 1400. The van der Waals surface area contributed by atoms with E-state index >= 15 is 0 Å². The van der Waals surface area contributed by atoms with Gasteiger partial charge >= 0.3 is 6.16 Å². The molecule has 0 bridgehead atoms. The summed E-state index contributed by atoms with van der Waals surface area (Å²) < 4.78 is 17.9. The van der Waals surface area contributed by atoms with Gasteiger partial charge in [0.2, 0.25) is 0 Å². The SMILES string of the molecule is Nc1ncnc2c1ncn2[C@@H]1O[C@H](COC(=O)OCC2c3ccccc3-c3ccccc32)[C@@H](O)[C@H]1O. The Morgan fingerprint density at radius 1 is 0.944 bits per heavy atom. The first kappa shape index (κ1) is 22.4. The number of rotatable bonds is 5. The van der Waals surface area contributed by atoms with Crippen LogP contribution in [0.15, 0.2) is 61.2 Å². The minimum Gasteiger partial charge on any atom is -0.433 e. The highest BCUT2D eigenvalue weighted by atomic mass is 16.7. The number of imidazole rings is 1. The van der Waals surface area contributed by atoms with Gasteiger partial charge < -0.3 is 30.2 Å². The zero-order valence-corrected chi connectivity index (χ0v) is 19.0. The Morgan fingerprint density at radius 3 is 2.33 bits per heavy atom. The molecule has 184 valence electrons. The van der Waals surface area contributed by atoms with Crippen LogP contribution in [0.3, 0.4) is 0 Å². The first-order chi connectivity index (χ1) is 17.5. The number of carbonyl (C=O) groups is 1. The van der Waals surface area contributed by atoms with Gasteiger partial charge in [-0.1, -0.05) is 48.5 Å². The summed E-state index contributed by atoms with van der Waals surface area (Å²) in [7, 11) is 0. The third kappa shape index (κ3) is 3.65. The lowest BCUT2D eigenvalue weighted by Gasteiger charge is -2.17. The molecule has 2 aromatic heterocycles. The maximum atomic E-state index is 12.4. The van der Waals surface area contributed by atoms with E-state index in [1.165, 1.54) is 17.2 Å². The predicted molar refractivity (Wildman–Crippen MR) is 127 cm³/mol. The summed E-state index contributed by atoms with van der Waals surface area (Å²) in [5, 5.41) is 21.0. The Labute approximate surface area is 205 Å². The second-order valence-electron chi connectivity index (χ2n) is 8.73. The monoisotopic (exact) mass is 489 g/mol. The number of carbonyl (C=O) groups excluding carboxylic acids is 1. The number of hydrogen-bond donors (Lipinski definition) is 3. The maximum absolute atomic E-state index is 12.4. The van der Waals surface area contributed by atoms with Crippen LogP contribution in [0.4, 0.5) is 10.6 Å². The van der Waals surface area contributed by atoms with Gasteiger partial charge in [-0.2, -0.15) is 0 Å². The quantitative estimate of drug-likeness (QED) is 0.355. The van der Waals surface area contributed by atoms with Crippen LogP contribution in [0, 0.1) is 0 Å². The van der Waals surface area contributed by atoms with Crippen molar-refractivity contribution in [3.63, 3.8) is 0 Å². The molecule has 0 amide bonds. The van der Waals surface area contributed by atoms with Crippen LogP contribution in [0.25, 0.3) is 22.3 Å². The normalized spacial score (nSPS) is 22.9. The van der Waals surface area contributed by atoms with Crippen molar-refractivity contribution in [2.45, 2.75) is 30.5 Å². The Hall–Kier alpha value is -4.06. The van der Waals surface area contributed by atoms with Gasteiger partial charge in [0.05, 0.1) is 6.33 Å². The van der Waals surface area contributed by atoms with Crippen LogP contribution in [0.1, 0.15) is 23.3 Å². The number of nitrogen functional groups attached to an aromatic ring is 1. The summed E-state index contributed by atoms with van der Waals surface area (Å²) >= 11 is 0. The van der Waals surface area contributed by atoms with Gasteiger partial charge in [-0.25, -0.2) is 19.7 Å². The van der Waals surface area contributed by atoms with Crippen LogP contribution in [-0.2, 0) is 14.2 Å². The molecule has 1 saturated heterocycles. The molecular formula is C25H23N5O6. The summed E-state index contributed by atoms with van der Waals surface area (Å²) in [6, 6.07) is 16.0. The number of fused-ring (bicyclic) bond motifs is 4. The van der Waals surface area contributed by atoms with E-state index in [9.17, 15) is 15.0 Å². The van der Waals surface area contributed by atoms with Crippen molar-refractivity contribution in [2.24, 2.45) is 0 Å². The summed E-state index contributed by atoms with van der Waals surface area (Å²) in [5.41, 5.74) is 10.9. The molecule has 6 rings (SSSR count). The van der Waals surface area contributed by atoms with E-state index in [0.717, 1.165) is 22.3 Å². The number of ether oxygens (including phenoxy) is 3. The lowest BCUT2D eigenvalue weighted by molar-refractivity contribution is -0.0613. The second-order valence-corrected chi connectivity index (χ2v) is 8.73. The molecule has 4 atom stereocenters. The fourth-order valence-electron chi connectivity index (χ4n) is 4.94. The summed E-state index contributed by atoms with van der Waals surface area (Å²) in [5.74, 6) is 0.0790. The topological polar surface area (TPSA) is 155 Å². The van der Waals surface area contributed by atoms with E-state index in [1.54, 1.807) is 0 Å². The van der Waals surface area contributed by atoms with E-state index in [4.69, 9.17) is 19.9 Å². The van der Waals surface area contributed by atoms with Gasteiger partial charge in [-0.15, -0.1) is 0 Å². The second kappa shape index (κ2) is 8.86. The number of nitrogens with zero attached hydrogens (tertiary/aromatic N) is 4. The number of aliphatic hydroxyl groups excluding tert-OH is 2. The largest absolute Gasteiger partial charge is 0.508 e. The summed E-state index contributed by atoms with van der Waals surface area (Å²) in [4.78, 5) is 24.6. The van der Waals surface area contributed by atoms with Gasteiger partial charge in [0.1, 0.15) is 43.4 Å². The van der Waals surface area contributed by atoms with Crippen LogP contribution in [-0.4, -0.2) is 67.4 Å². The molecule has 2 aromatic carbocycles. The molecule has 0 saturated carbocycles. The predicted octanol–water partition coefficient (Wildman–Crippen LogP) is 1.99. The van der Waals surface area contributed by atoms with Crippen molar-refractivity contribution in [2.75, 3.05) is 18.9 Å². The van der Waals surface area contributed by atoms with Gasteiger partial charge in [-0.05, 0) is 22.3 Å². The van der Waals surface area contributed by atoms with E-state index in [2.05, 4.69) is 27.1 Å². The van der Waals surface area contributed by atoms with Gasteiger partial charge in [0, 0.05) is 5.92 Å². The van der Waals surface area contributed by atoms with Gasteiger partial charge in [-0.3, -0.25) is 4.57 Å². The van der Waals surface area contributed by atoms with Gasteiger partial charge in [0.25, 0.3) is 0 Å². The van der Waals surface area contributed by atoms with E-state index in [-0.39, 0.29) is 24.9 Å². The van der Waals surface area contributed by atoms with E-state index in [1.807, 2.05) is 36.4 Å². The smallest absolute Gasteiger partial charge is 0.433 e. The van der Waals surface area contributed by atoms with Crippen molar-refractivity contribution in [3.8, 4) is 11.1 Å². The highest BCUT2D eigenvalue weighted by Gasteiger charge is 2.45. The highest BCUT2D eigenvalue weighted by molar-refractivity contribution is 5.81. The summed E-state index contributed by atoms with van der Waals surface area (Å²) in [6.07, 6.45) is -2.84. The molecule has 2 aliphatic rings. The average Bonchev–Trinajstić information content (AvgIpc) is 3.55. The molecular weight excluding hydrogens is 466 g/mol. The van der Waals surface area contributed by atoms with Crippen molar-refractivity contribution in [3.05, 3.63) is 72.3 Å². The van der Waals surface area contributed by atoms with Crippen molar-refractivity contribution < 1.29 is 29.2 Å². The third-order valence-electron chi connectivity index (χ3n) is 6.69. The molecule has 0 unspecified atom stereocenters. The number of hydrogen-bond acceptors (Lipinski definition) is 10. The van der Waals surface area contributed by atoms with Crippen LogP contribution in [0.2, 0.25) is 0 Å². The minimum atomic E-state index is -1.31. The first-order valence-corrected chi connectivity index (χ1v) is 11.5. The number of aliphatic hydroxyl groups is 2. The number of anilines is 1. The number of nitrogens with two attached hydrogens (primary N) is 1. The molecule has 0 radical (unpaired) electrons. The third-order valence-corrected chi connectivity index (χ3v) is 6.69. The average molecular weight is 489 g/mol. The first-order valence-electron chi connectivity index (χ1n) is 11.5. The Kier molecular flexibility index (Phi) is 5.52. The fraction of sp³-hybridized carbons (Fsp3) is 0.280. The van der Waals surface area contributed by atoms with Crippen LogP contribution >= 0.6 is 0 Å². The van der Waals surface area contributed by atoms with Crippen molar-refractivity contribution >= 4 is 23.1 Å². The lowest BCUT2D eigenvalue weighted by Crippen LogP contribution is -2.34. The van der Waals surface area contributed by atoms with Crippen molar-refractivity contribution in [1.82, 2.24) is 19.5 Å². The summed E-state index contributed by atoms with van der Waals surface area (Å²) in [6.45, 7) is -0.205. The highest BCUT2D eigenvalue weighted by Crippen LogP contribution is 2.44. The molecule has 4 N–H and O–H groups in total. The zero-order chi connectivity index (χ0) is 24.8. The standard InChI is InChI=1S/C25H23N5O6/c26-22-19-23(28-11-27-22)30(12-29-19)24-21(32)20(31)18(36-24)10-35-25(33)34-9-17-15-7-3-1-5-13(15)14-6-2-4-8-16(14)17/h1-8,11-12,17-18,20-21,24,31-32H,9-10H2,(H2,26,27,28)/t18-,20-,21-,24-/m1/s1. The van der Waals surface area contributed by atoms with E-state index in [0.29, 0.717) is 11.2 Å². The zero-order valence-electron chi connectivity index (χ0n) is 19.0. The van der Waals surface area contributed by atoms with Crippen LogP contribution < -0.4 is 5.73 Å². The molecule has 0 spiro atoms. The molecule has 3 heterocycles. The fourth-order valence-corrected chi connectivity index (χ4v) is 4.94. The van der Waals surface area contributed by atoms with Crippen molar-refractivity contribution in [1.29, 1.82) is 0 Å². The number of aromatic nitrogens is 4.